The summed E-state index contributed by atoms with van der Waals surface area (Å²) in [5.41, 5.74) is -0.418. The first-order chi connectivity index (χ1) is 9.71. The van der Waals surface area contributed by atoms with Gasteiger partial charge in [0.25, 0.3) is 15.7 Å². The number of rotatable bonds is 7. The van der Waals surface area contributed by atoms with Gasteiger partial charge >= 0.3 is 5.97 Å². The number of nitro groups is 1. The normalized spacial score (nSPS) is 11.3. The van der Waals surface area contributed by atoms with Gasteiger partial charge in [0.05, 0.1) is 4.92 Å². The zero-order chi connectivity index (χ0) is 16.2. The maximum atomic E-state index is 12.5. The Bertz CT molecular complexity index is 683. The molecule has 0 saturated heterocycles. The fourth-order valence-corrected chi connectivity index (χ4v) is 3.51. The van der Waals surface area contributed by atoms with E-state index in [9.17, 15) is 23.3 Å². The number of nitro benzene ring substituents is 1. The number of benzene rings is 1. The highest BCUT2D eigenvalue weighted by molar-refractivity contribution is 7.89. The van der Waals surface area contributed by atoms with E-state index in [-0.39, 0.29) is 12.1 Å². The Hall–Kier alpha value is -2.26. The minimum atomic E-state index is -4.33. The summed E-state index contributed by atoms with van der Waals surface area (Å²) in [5.74, 6) is -1.36. The fraction of sp³-hybridized carbons (Fsp3) is 0.250. The molecule has 0 aliphatic heterocycles. The predicted molar refractivity (Wildman–Crippen MR) is 74.4 cm³/mol. The van der Waals surface area contributed by atoms with Crippen LogP contribution in [0.25, 0.3) is 0 Å². The second-order valence-electron chi connectivity index (χ2n) is 4.16. The smallest absolute Gasteiger partial charge is 0.318 e. The molecular formula is C12H14N2O6S. The number of nitrogens with zero attached hydrogens (tertiary/aromatic N) is 2. The van der Waals surface area contributed by atoms with E-state index >= 15 is 0 Å². The molecule has 0 aliphatic rings. The van der Waals surface area contributed by atoms with Crippen LogP contribution in [0.2, 0.25) is 0 Å². The van der Waals surface area contributed by atoms with Gasteiger partial charge in [-0.2, -0.15) is 4.31 Å². The summed E-state index contributed by atoms with van der Waals surface area (Å²) in [6, 6.07) is 3.83. The molecule has 21 heavy (non-hydrogen) atoms. The number of hydrogen-bond donors (Lipinski definition) is 1. The summed E-state index contributed by atoms with van der Waals surface area (Å²) in [7, 11) is -4.33. The van der Waals surface area contributed by atoms with Crippen LogP contribution in [0.15, 0.2) is 35.7 Å². The maximum Gasteiger partial charge on any atom is 0.318 e. The molecule has 0 spiro atoms. The molecular weight excluding hydrogens is 300 g/mol. The molecule has 114 valence electrons. The third kappa shape index (κ3) is 3.64. The van der Waals surface area contributed by atoms with E-state index in [4.69, 9.17) is 5.11 Å². The second kappa shape index (κ2) is 6.46. The molecule has 0 aliphatic carbocycles. The minimum absolute atomic E-state index is 0.170. The molecule has 0 aromatic heterocycles. The van der Waals surface area contributed by atoms with Crippen LogP contribution in [0.4, 0.5) is 5.69 Å². The third-order valence-electron chi connectivity index (χ3n) is 2.63. The summed E-state index contributed by atoms with van der Waals surface area (Å²) in [6.07, 6.45) is 1.21. The SMILES string of the molecule is C=CCN(CC(=O)O)S(=O)(=O)c1c(C)cccc1[N+](=O)[O-]. The molecule has 1 aromatic carbocycles. The molecule has 0 amide bonds. The van der Waals surface area contributed by atoms with Crippen molar-refractivity contribution in [2.45, 2.75) is 11.8 Å². The molecule has 0 fully saturated rings. The van der Waals surface area contributed by atoms with Gasteiger partial charge in [0.2, 0.25) is 0 Å². The molecule has 0 radical (unpaired) electrons. The lowest BCUT2D eigenvalue weighted by Gasteiger charge is -2.19. The van der Waals surface area contributed by atoms with Gasteiger partial charge in [-0.15, -0.1) is 6.58 Å². The summed E-state index contributed by atoms with van der Waals surface area (Å²) >= 11 is 0. The van der Waals surface area contributed by atoms with Crippen molar-refractivity contribution in [3.05, 3.63) is 46.5 Å². The standard InChI is InChI=1S/C12H14N2O6S/c1-3-7-13(8-11(15)16)21(19,20)12-9(2)5-4-6-10(12)14(17)18/h3-6H,1,7-8H2,2H3,(H,15,16). The third-order valence-corrected chi connectivity index (χ3v) is 4.64. The second-order valence-corrected chi connectivity index (χ2v) is 6.04. The Kier molecular flexibility index (Phi) is 5.17. The van der Waals surface area contributed by atoms with E-state index in [1.54, 1.807) is 0 Å². The summed E-state index contributed by atoms with van der Waals surface area (Å²) < 4.78 is 25.7. The summed E-state index contributed by atoms with van der Waals surface area (Å²) in [4.78, 5) is 20.5. The summed E-state index contributed by atoms with van der Waals surface area (Å²) in [5, 5.41) is 19.8. The lowest BCUT2D eigenvalue weighted by Crippen LogP contribution is -2.36. The van der Waals surface area contributed by atoms with E-state index in [1.807, 2.05) is 0 Å². The van der Waals surface area contributed by atoms with Crippen molar-refractivity contribution in [2.24, 2.45) is 0 Å². The Morgan fingerprint density at radius 2 is 2.14 bits per heavy atom. The fourth-order valence-electron chi connectivity index (χ4n) is 1.79. The van der Waals surface area contributed by atoms with Crippen LogP contribution in [-0.2, 0) is 14.8 Å². The molecule has 1 rings (SSSR count). The Balaban J connectivity index is 3.51. The van der Waals surface area contributed by atoms with Crippen molar-refractivity contribution < 1.29 is 23.2 Å². The first kappa shape index (κ1) is 16.8. The first-order valence-electron chi connectivity index (χ1n) is 5.78. The zero-order valence-corrected chi connectivity index (χ0v) is 12.0. The van der Waals surface area contributed by atoms with Crippen LogP contribution in [0, 0.1) is 17.0 Å². The topological polar surface area (TPSA) is 118 Å². The number of aliphatic carboxylic acids is 1. The Morgan fingerprint density at radius 1 is 1.52 bits per heavy atom. The molecule has 0 bridgehead atoms. The van der Waals surface area contributed by atoms with Gasteiger partial charge in [0.15, 0.2) is 4.90 Å². The maximum absolute atomic E-state index is 12.5. The molecule has 0 heterocycles. The van der Waals surface area contributed by atoms with Crippen molar-refractivity contribution in [2.75, 3.05) is 13.1 Å². The molecule has 1 N–H and O–H groups in total. The number of aryl methyl sites for hydroxylation is 1. The van der Waals surface area contributed by atoms with Crippen molar-refractivity contribution in [3.63, 3.8) is 0 Å². The van der Waals surface area contributed by atoms with Gasteiger partial charge in [-0.1, -0.05) is 18.2 Å². The monoisotopic (exact) mass is 314 g/mol. The summed E-state index contributed by atoms with van der Waals surface area (Å²) in [6.45, 7) is 3.70. The van der Waals surface area contributed by atoms with E-state index in [1.165, 1.54) is 25.1 Å². The highest BCUT2D eigenvalue weighted by atomic mass is 32.2. The van der Waals surface area contributed by atoms with Gasteiger partial charge in [0, 0.05) is 12.6 Å². The van der Waals surface area contributed by atoms with E-state index in [2.05, 4.69) is 6.58 Å². The average molecular weight is 314 g/mol. The lowest BCUT2D eigenvalue weighted by atomic mass is 10.2. The lowest BCUT2D eigenvalue weighted by molar-refractivity contribution is -0.387. The molecule has 8 nitrogen and oxygen atoms in total. The van der Waals surface area contributed by atoms with Gasteiger partial charge in [0.1, 0.15) is 6.54 Å². The number of carbonyl (C=O) groups is 1. The van der Waals surface area contributed by atoms with Crippen LogP contribution in [0.5, 0.6) is 0 Å². The average Bonchev–Trinajstić information content (AvgIpc) is 2.37. The van der Waals surface area contributed by atoms with E-state index < -0.39 is 38.0 Å². The van der Waals surface area contributed by atoms with Crippen LogP contribution < -0.4 is 0 Å². The number of sulfonamides is 1. The van der Waals surface area contributed by atoms with Crippen LogP contribution in [-0.4, -0.2) is 41.8 Å². The quantitative estimate of drug-likeness (QED) is 0.458. The molecule has 0 unspecified atom stereocenters. The molecule has 9 heteroatoms. The van der Waals surface area contributed by atoms with Crippen molar-refractivity contribution in [1.29, 1.82) is 0 Å². The van der Waals surface area contributed by atoms with E-state index in [0.29, 0.717) is 4.31 Å². The first-order valence-corrected chi connectivity index (χ1v) is 7.22. The van der Waals surface area contributed by atoms with Crippen LogP contribution in [0.1, 0.15) is 5.56 Å². The highest BCUT2D eigenvalue weighted by Crippen LogP contribution is 2.29. The predicted octanol–water partition coefficient (Wildman–Crippen LogP) is 1.16. The van der Waals surface area contributed by atoms with Gasteiger partial charge in [-0.3, -0.25) is 14.9 Å². The highest BCUT2D eigenvalue weighted by Gasteiger charge is 2.33. The number of carboxylic acids is 1. The Morgan fingerprint density at radius 3 is 2.62 bits per heavy atom. The van der Waals surface area contributed by atoms with Crippen molar-refractivity contribution in [1.82, 2.24) is 4.31 Å². The zero-order valence-electron chi connectivity index (χ0n) is 11.2. The minimum Gasteiger partial charge on any atom is -0.480 e. The van der Waals surface area contributed by atoms with Crippen molar-refractivity contribution in [3.8, 4) is 0 Å². The largest absolute Gasteiger partial charge is 0.480 e. The van der Waals surface area contributed by atoms with Gasteiger partial charge in [-0.25, -0.2) is 8.42 Å². The number of hydrogen-bond acceptors (Lipinski definition) is 5. The molecule has 1 aromatic rings. The molecule has 0 saturated carbocycles. The molecule has 0 atom stereocenters. The van der Waals surface area contributed by atoms with Gasteiger partial charge in [-0.05, 0) is 12.5 Å². The van der Waals surface area contributed by atoms with E-state index in [0.717, 1.165) is 6.07 Å². The number of carboxylic acid groups (broad SMARTS) is 1. The van der Waals surface area contributed by atoms with Crippen molar-refractivity contribution >= 4 is 21.7 Å². The van der Waals surface area contributed by atoms with Gasteiger partial charge < -0.3 is 5.11 Å². The Labute approximate surface area is 121 Å². The van der Waals surface area contributed by atoms with Crippen LogP contribution in [0.3, 0.4) is 0 Å². The van der Waals surface area contributed by atoms with Crippen LogP contribution >= 0.6 is 0 Å².